The van der Waals surface area contributed by atoms with Crippen LogP contribution < -0.4 is 0 Å². The van der Waals surface area contributed by atoms with Crippen LogP contribution in [-0.4, -0.2) is 25.5 Å². The lowest BCUT2D eigenvalue weighted by molar-refractivity contribution is -0.116. The van der Waals surface area contributed by atoms with E-state index >= 15 is 0 Å². The van der Waals surface area contributed by atoms with E-state index in [4.69, 9.17) is 0 Å². The van der Waals surface area contributed by atoms with Gasteiger partial charge in [-0.3, -0.25) is 4.79 Å². The first kappa shape index (κ1) is 9.51. The Labute approximate surface area is 86.8 Å². The molecule has 0 saturated heterocycles. The Morgan fingerprint density at radius 3 is 2.87 bits per heavy atom. The van der Waals surface area contributed by atoms with Crippen LogP contribution in [0.2, 0.25) is 0 Å². The molecule has 0 radical (unpaired) electrons. The van der Waals surface area contributed by atoms with E-state index in [0.29, 0.717) is 12.2 Å². The third-order valence-electron chi connectivity index (χ3n) is 1.92. The van der Waals surface area contributed by atoms with E-state index < -0.39 is 0 Å². The molecule has 0 bridgehead atoms. The monoisotopic (exact) mass is 202 g/mol. The zero-order valence-electron chi connectivity index (χ0n) is 8.29. The molecule has 0 aliphatic carbocycles. The van der Waals surface area contributed by atoms with Crippen LogP contribution in [0, 0.1) is 0 Å². The summed E-state index contributed by atoms with van der Waals surface area (Å²) in [4.78, 5) is 18.9. The van der Waals surface area contributed by atoms with Gasteiger partial charge < -0.3 is 0 Å². The summed E-state index contributed by atoms with van der Waals surface area (Å²) >= 11 is 0. The highest BCUT2D eigenvalue weighted by Gasteiger charge is 2.00. The van der Waals surface area contributed by atoms with Crippen LogP contribution in [0.1, 0.15) is 12.5 Å². The van der Waals surface area contributed by atoms with Gasteiger partial charge in [-0.05, 0) is 18.6 Å². The van der Waals surface area contributed by atoms with Crippen molar-refractivity contribution >= 4 is 5.78 Å². The molecule has 0 aliphatic heterocycles. The number of hydrogen-bond acceptors (Lipinski definition) is 4. The number of aromatic nitrogens is 4. The third-order valence-corrected chi connectivity index (χ3v) is 1.92. The van der Waals surface area contributed by atoms with Gasteiger partial charge in [0.25, 0.3) is 0 Å². The maximum Gasteiger partial charge on any atom is 0.155 e. The van der Waals surface area contributed by atoms with E-state index in [1.54, 1.807) is 24.1 Å². The number of pyridine rings is 1. The summed E-state index contributed by atoms with van der Waals surface area (Å²) < 4.78 is 1.57. The molecule has 2 rings (SSSR count). The Morgan fingerprint density at radius 2 is 2.33 bits per heavy atom. The van der Waals surface area contributed by atoms with Crippen molar-refractivity contribution in [3.63, 3.8) is 0 Å². The highest BCUT2D eigenvalue weighted by Crippen LogP contribution is 2.04. The number of hydrogen-bond donors (Lipinski definition) is 0. The summed E-state index contributed by atoms with van der Waals surface area (Å²) in [6.45, 7) is 1.56. The molecule has 2 heterocycles. The van der Waals surface area contributed by atoms with Gasteiger partial charge in [0.05, 0.1) is 0 Å². The molecule has 15 heavy (non-hydrogen) atoms. The fourth-order valence-corrected chi connectivity index (χ4v) is 1.27. The minimum Gasteiger partial charge on any atom is -0.300 e. The number of rotatable bonds is 3. The molecule has 0 fully saturated rings. The third kappa shape index (κ3) is 2.25. The van der Waals surface area contributed by atoms with Gasteiger partial charge >= 0.3 is 0 Å². The van der Waals surface area contributed by atoms with Crippen LogP contribution in [-0.2, 0) is 11.2 Å². The van der Waals surface area contributed by atoms with E-state index in [2.05, 4.69) is 15.1 Å². The van der Waals surface area contributed by atoms with E-state index in [9.17, 15) is 4.79 Å². The fraction of sp³-hybridized carbons (Fsp3) is 0.200. The maximum absolute atomic E-state index is 10.9. The van der Waals surface area contributed by atoms with Gasteiger partial charge in [-0.1, -0.05) is 6.07 Å². The Hall–Kier alpha value is -2.04. The van der Waals surface area contributed by atoms with E-state index in [1.807, 2.05) is 12.1 Å². The Morgan fingerprint density at radius 1 is 1.47 bits per heavy atom. The van der Waals surface area contributed by atoms with Crippen molar-refractivity contribution in [1.82, 2.24) is 19.7 Å². The van der Waals surface area contributed by atoms with Crippen LogP contribution in [0.15, 0.2) is 31.0 Å². The number of carbonyl (C=O) groups is 1. The lowest BCUT2D eigenvalue weighted by Crippen LogP contribution is -2.01. The van der Waals surface area contributed by atoms with Crippen LogP contribution in [0.25, 0.3) is 5.82 Å². The molecule has 5 nitrogen and oxygen atoms in total. The van der Waals surface area contributed by atoms with E-state index in [0.717, 1.165) is 5.56 Å². The molecule has 0 N–H and O–H groups in total. The molecular formula is C10H10N4O. The van der Waals surface area contributed by atoms with Gasteiger partial charge in [-0.2, -0.15) is 5.10 Å². The molecule has 0 amide bonds. The second-order valence-corrected chi connectivity index (χ2v) is 3.24. The molecule has 5 heteroatoms. The van der Waals surface area contributed by atoms with Crippen molar-refractivity contribution < 1.29 is 4.79 Å². The second-order valence-electron chi connectivity index (χ2n) is 3.24. The van der Waals surface area contributed by atoms with Crippen LogP contribution in [0.5, 0.6) is 0 Å². The number of ketones is 1. The van der Waals surface area contributed by atoms with Crippen LogP contribution in [0.3, 0.4) is 0 Å². The molecule has 76 valence electrons. The van der Waals surface area contributed by atoms with Crippen molar-refractivity contribution in [3.8, 4) is 5.82 Å². The Balaban J connectivity index is 2.21. The van der Waals surface area contributed by atoms with Crippen LogP contribution >= 0.6 is 0 Å². The minimum atomic E-state index is 0.130. The number of carbonyl (C=O) groups excluding carboxylic acids is 1. The lowest BCUT2D eigenvalue weighted by atomic mass is 10.1. The van der Waals surface area contributed by atoms with Gasteiger partial charge in [0, 0.05) is 12.6 Å². The van der Waals surface area contributed by atoms with Gasteiger partial charge in [-0.15, -0.1) is 0 Å². The van der Waals surface area contributed by atoms with Crippen molar-refractivity contribution in [2.45, 2.75) is 13.3 Å². The molecule has 0 spiro atoms. The predicted octanol–water partition coefficient (Wildman–Crippen LogP) is 0.794. The quantitative estimate of drug-likeness (QED) is 0.738. The molecule has 0 saturated carbocycles. The highest BCUT2D eigenvalue weighted by atomic mass is 16.1. The molecule has 0 aromatic carbocycles. The van der Waals surface area contributed by atoms with Crippen molar-refractivity contribution in [2.75, 3.05) is 0 Å². The van der Waals surface area contributed by atoms with E-state index in [1.165, 1.54) is 6.33 Å². The largest absolute Gasteiger partial charge is 0.300 e. The lowest BCUT2D eigenvalue weighted by Gasteiger charge is -2.00. The predicted molar refractivity (Wildman–Crippen MR) is 53.5 cm³/mol. The highest BCUT2D eigenvalue weighted by molar-refractivity contribution is 5.78. The minimum absolute atomic E-state index is 0.130. The first-order valence-corrected chi connectivity index (χ1v) is 4.55. The molecular weight excluding hydrogens is 192 g/mol. The van der Waals surface area contributed by atoms with E-state index in [-0.39, 0.29) is 5.78 Å². The van der Waals surface area contributed by atoms with Crippen molar-refractivity contribution in [2.24, 2.45) is 0 Å². The van der Waals surface area contributed by atoms with Gasteiger partial charge in [0.15, 0.2) is 5.82 Å². The normalized spacial score (nSPS) is 10.2. The molecule has 2 aromatic rings. The summed E-state index contributed by atoms with van der Waals surface area (Å²) in [7, 11) is 0. The molecule has 0 unspecified atom stereocenters. The number of Topliss-reactive ketones (excluding diaryl/α,β-unsaturated/α-hetero) is 1. The average molecular weight is 202 g/mol. The summed E-state index contributed by atoms with van der Waals surface area (Å²) in [6.07, 6.45) is 5.13. The Bertz CT molecular complexity index is 447. The average Bonchev–Trinajstić information content (AvgIpc) is 2.71. The topological polar surface area (TPSA) is 60.7 Å². The van der Waals surface area contributed by atoms with Crippen LogP contribution in [0.4, 0.5) is 0 Å². The van der Waals surface area contributed by atoms with Crippen molar-refractivity contribution in [3.05, 3.63) is 36.5 Å². The summed E-state index contributed by atoms with van der Waals surface area (Å²) in [5, 5.41) is 3.95. The summed E-state index contributed by atoms with van der Waals surface area (Å²) in [5.74, 6) is 0.824. The first-order chi connectivity index (χ1) is 7.25. The summed E-state index contributed by atoms with van der Waals surface area (Å²) in [5.41, 5.74) is 0.909. The van der Waals surface area contributed by atoms with Crippen molar-refractivity contribution in [1.29, 1.82) is 0 Å². The Kier molecular flexibility index (Phi) is 2.53. The molecule has 0 aliphatic rings. The first-order valence-electron chi connectivity index (χ1n) is 4.55. The second kappa shape index (κ2) is 4.00. The zero-order chi connectivity index (χ0) is 10.7. The van der Waals surface area contributed by atoms with Gasteiger partial charge in [0.2, 0.25) is 0 Å². The van der Waals surface area contributed by atoms with Gasteiger partial charge in [-0.25, -0.2) is 14.6 Å². The molecule has 0 atom stereocenters. The SMILES string of the molecule is CC(=O)Cc1ccc(-n2cncn2)nc1. The molecule has 2 aromatic heterocycles. The van der Waals surface area contributed by atoms with Gasteiger partial charge in [0.1, 0.15) is 18.4 Å². The summed E-state index contributed by atoms with van der Waals surface area (Å²) in [6, 6.07) is 3.68. The fourth-order valence-electron chi connectivity index (χ4n) is 1.27. The maximum atomic E-state index is 10.9. The number of nitrogens with zero attached hydrogens (tertiary/aromatic N) is 4. The smallest absolute Gasteiger partial charge is 0.155 e. The zero-order valence-corrected chi connectivity index (χ0v) is 8.29. The standard InChI is InChI=1S/C10H10N4O/c1-8(15)4-9-2-3-10(12-5-9)14-7-11-6-13-14/h2-3,5-7H,4H2,1H3.